The second-order valence-electron chi connectivity index (χ2n) is 6.66. The Bertz CT molecular complexity index is 649. The van der Waals surface area contributed by atoms with Gasteiger partial charge in [0.2, 0.25) is 5.91 Å². The van der Waals surface area contributed by atoms with Gasteiger partial charge in [0.15, 0.2) is 0 Å². The second-order valence-corrected chi connectivity index (χ2v) is 7.44. The molecule has 0 unspecified atom stereocenters. The van der Waals surface area contributed by atoms with E-state index < -0.39 is 0 Å². The molecule has 5 heteroatoms. The molecule has 1 fully saturated rings. The highest BCUT2D eigenvalue weighted by Gasteiger charge is 2.26. The van der Waals surface area contributed by atoms with Crippen LogP contribution in [0.3, 0.4) is 0 Å². The molecule has 134 valence electrons. The average Bonchev–Trinajstić information content (AvgIpc) is 3.16. The lowest BCUT2D eigenvalue weighted by atomic mass is 10.0. The molecule has 2 aromatic rings. The van der Waals surface area contributed by atoms with Gasteiger partial charge in [-0.05, 0) is 65.9 Å². The van der Waals surface area contributed by atoms with E-state index in [2.05, 4.69) is 17.4 Å². The lowest BCUT2D eigenvalue weighted by Crippen LogP contribution is -3.13. The second kappa shape index (κ2) is 9.02. The summed E-state index contributed by atoms with van der Waals surface area (Å²) in [4.78, 5) is 13.9. The van der Waals surface area contributed by atoms with Crippen LogP contribution in [-0.2, 0) is 11.2 Å². The number of nitrogens with one attached hydrogen (secondary N) is 2. The monoisotopic (exact) mass is 359 g/mol. The van der Waals surface area contributed by atoms with Crippen molar-refractivity contribution >= 4 is 17.2 Å². The zero-order chi connectivity index (χ0) is 17.5. The van der Waals surface area contributed by atoms with E-state index in [0.717, 1.165) is 11.3 Å². The maximum Gasteiger partial charge on any atom is 0.224 e. The van der Waals surface area contributed by atoms with Gasteiger partial charge in [-0.15, -0.1) is 0 Å². The summed E-state index contributed by atoms with van der Waals surface area (Å²) in [5, 5.41) is 7.21. The summed E-state index contributed by atoms with van der Waals surface area (Å²) in [6.07, 6.45) is 4.33. The highest BCUT2D eigenvalue weighted by Crippen LogP contribution is 2.16. The van der Waals surface area contributed by atoms with E-state index in [9.17, 15) is 4.79 Å². The molecule has 1 aliphatic heterocycles. The van der Waals surface area contributed by atoms with E-state index in [1.54, 1.807) is 23.3 Å². The Balaban J connectivity index is 1.65. The van der Waals surface area contributed by atoms with Gasteiger partial charge in [0, 0.05) is 5.56 Å². The van der Waals surface area contributed by atoms with E-state index >= 15 is 0 Å². The first-order valence-electron chi connectivity index (χ1n) is 9.02. The number of methoxy groups -OCH3 is 1. The molecular formula is C20H27N2O2S+. The van der Waals surface area contributed by atoms with Crippen LogP contribution in [0.1, 0.15) is 36.4 Å². The van der Waals surface area contributed by atoms with Crippen molar-refractivity contribution < 1.29 is 14.4 Å². The van der Waals surface area contributed by atoms with Crippen LogP contribution in [0.15, 0.2) is 41.1 Å². The maximum atomic E-state index is 12.3. The third-order valence-electron chi connectivity index (χ3n) is 4.95. The number of quaternary nitrogens is 1. The number of amides is 1. The summed E-state index contributed by atoms with van der Waals surface area (Å²) < 4.78 is 5.28. The van der Waals surface area contributed by atoms with Crippen molar-refractivity contribution in [2.24, 2.45) is 0 Å². The van der Waals surface area contributed by atoms with Crippen LogP contribution < -0.4 is 15.0 Å². The van der Waals surface area contributed by atoms with E-state index in [0.29, 0.717) is 19.0 Å². The molecule has 1 atom stereocenters. The molecule has 0 aliphatic carbocycles. The van der Waals surface area contributed by atoms with Crippen molar-refractivity contribution in [3.8, 4) is 5.75 Å². The minimum absolute atomic E-state index is 0.105. The van der Waals surface area contributed by atoms with Gasteiger partial charge in [-0.25, -0.2) is 0 Å². The number of carbonyl (C=O) groups is 1. The molecule has 1 aromatic carbocycles. The number of carbonyl (C=O) groups excluding carboxylic acids is 1. The molecule has 1 aliphatic rings. The fraction of sp³-hybridized carbons (Fsp3) is 0.450. The van der Waals surface area contributed by atoms with Gasteiger partial charge in [0.1, 0.15) is 11.8 Å². The van der Waals surface area contributed by atoms with Gasteiger partial charge >= 0.3 is 0 Å². The maximum absolute atomic E-state index is 12.3. The number of rotatable bonds is 7. The summed E-state index contributed by atoms with van der Waals surface area (Å²) in [6.45, 7) is 3.04. The number of hydrogen-bond acceptors (Lipinski definition) is 3. The summed E-state index contributed by atoms with van der Waals surface area (Å²) in [6, 6.07) is 10.6. The van der Waals surface area contributed by atoms with Crippen molar-refractivity contribution in [1.82, 2.24) is 5.32 Å². The van der Waals surface area contributed by atoms with Gasteiger partial charge in [-0.2, -0.15) is 11.3 Å². The minimum atomic E-state index is 0.105. The zero-order valence-corrected chi connectivity index (χ0v) is 15.6. The molecule has 1 aromatic heterocycles. The number of thiophene rings is 1. The van der Waals surface area contributed by atoms with Gasteiger partial charge in [0.05, 0.1) is 33.2 Å². The fourth-order valence-electron chi connectivity index (χ4n) is 3.55. The van der Waals surface area contributed by atoms with Gasteiger partial charge < -0.3 is 15.0 Å². The molecule has 25 heavy (non-hydrogen) atoms. The molecule has 0 saturated carbocycles. The van der Waals surface area contributed by atoms with Gasteiger partial charge in [-0.1, -0.05) is 0 Å². The molecule has 0 radical (unpaired) electrons. The number of likely N-dealkylation sites (tertiary alicyclic amines) is 1. The van der Waals surface area contributed by atoms with Crippen LogP contribution in [0.4, 0.5) is 0 Å². The first-order valence-corrected chi connectivity index (χ1v) is 9.97. The van der Waals surface area contributed by atoms with E-state index in [1.165, 1.54) is 37.9 Å². The Kier molecular flexibility index (Phi) is 6.48. The van der Waals surface area contributed by atoms with E-state index in [1.807, 2.05) is 29.0 Å². The lowest BCUT2D eigenvalue weighted by Gasteiger charge is -2.32. The predicted octanol–water partition coefficient (Wildman–Crippen LogP) is 2.23. The number of hydrogen-bond donors (Lipinski definition) is 2. The number of ether oxygens (including phenoxy) is 1. The van der Waals surface area contributed by atoms with E-state index in [4.69, 9.17) is 4.74 Å². The Labute approximate surface area is 153 Å². The highest BCUT2D eigenvalue weighted by atomic mass is 32.1. The third kappa shape index (κ3) is 5.06. The van der Waals surface area contributed by atoms with Crippen molar-refractivity contribution in [3.63, 3.8) is 0 Å². The Hall–Kier alpha value is -1.85. The average molecular weight is 360 g/mol. The predicted molar refractivity (Wildman–Crippen MR) is 101 cm³/mol. The molecule has 3 rings (SSSR count). The molecule has 2 heterocycles. The largest absolute Gasteiger partial charge is 0.497 e. The normalized spacial score (nSPS) is 16.4. The Morgan fingerprint density at radius 1 is 1.20 bits per heavy atom. The third-order valence-corrected chi connectivity index (χ3v) is 5.69. The van der Waals surface area contributed by atoms with Crippen molar-refractivity contribution in [2.45, 2.75) is 31.7 Å². The van der Waals surface area contributed by atoms with Crippen molar-refractivity contribution in [2.75, 3.05) is 26.7 Å². The molecule has 2 N–H and O–H groups in total. The quantitative estimate of drug-likeness (QED) is 0.796. The summed E-state index contributed by atoms with van der Waals surface area (Å²) in [5.41, 5.74) is 2.36. The lowest BCUT2D eigenvalue weighted by molar-refractivity contribution is -0.935. The topological polar surface area (TPSA) is 42.8 Å². The van der Waals surface area contributed by atoms with Crippen molar-refractivity contribution in [3.05, 3.63) is 52.2 Å². The number of benzene rings is 1. The van der Waals surface area contributed by atoms with Crippen LogP contribution in [0.2, 0.25) is 0 Å². The van der Waals surface area contributed by atoms with Gasteiger partial charge in [0.25, 0.3) is 0 Å². The molecule has 1 saturated heterocycles. The first-order chi connectivity index (χ1) is 12.3. The SMILES string of the molecule is COc1ccc([C@@H](CNC(=O)Cc2ccsc2)[NH+]2CCCCC2)cc1. The van der Waals surface area contributed by atoms with Crippen LogP contribution in [-0.4, -0.2) is 32.7 Å². The molecule has 0 spiro atoms. The van der Waals surface area contributed by atoms with Crippen LogP contribution >= 0.6 is 11.3 Å². The number of piperidine rings is 1. The minimum Gasteiger partial charge on any atom is -0.497 e. The smallest absolute Gasteiger partial charge is 0.224 e. The summed E-state index contributed by atoms with van der Waals surface area (Å²) >= 11 is 1.63. The first kappa shape index (κ1) is 18.0. The van der Waals surface area contributed by atoms with Crippen LogP contribution in [0.25, 0.3) is 0 Å². The zero-order valence-electron chi connectivity index (χ0n) is 14.8. The Morgan fingerprint density at radius 2 is 1.96 bits per heavy atom. The fourth-order valence-corrected chi connectivity index (χ4v) is 4.21. The molecule has 4 nitrogen and oxygen atoms in total. The van der Waals surface area contributed by atoms with Crippen molar-refractivity contribution in [1.29, 1.82) is 0 Å². The standard InChI is InChI=1S/C20H26N2O2S/c1-24-18-7-5-17(6-8-18)19(22-10-3-2-4-11-22)14-21-20(23)13-16-9-12-25-15-16/h5-9,12,15,19H,2-4,10-11,13-14H2,1H3,(H,21,23)/p+1/t19-/m1/s1. The highest BCUT2D eigenvalue weighted by molar-refractivity contribution is 7.07. The van der Waals surface area contributed by atoms with E-state index in [-0.39, 0.29) is 5.91 Å². The summed E-state index contributed by atoms with van der Waals surface area (Å²) in [7, 11) is 1.69. The van der Waals surface area contributed by atoms with Crippen LogP contribution in [0.5, 0.6) is 5.75 Å². The van der Waals surface area contributed by atoms with Crippen LogP contribution in [0, 0.1) is 0 Å². The summed E-state index contributed by atoms with van der Waals surface area (Å²) in [5.74, 6) is 0.978. The van der Waals surface area contributed by atoms with Gasteiger partial charge in [-0.3, -0.25) is 4.79 Å². The molecular weight excluding hydrogens is 332 g/mol. The molecule has 1 amide bonds. The Morgan fingerprint density at radius 3 is 2.60 bits per heavy atom. The molecule has 0 bridgehead atoms.